The number of rotatable bonds is 7. The number of hydrogen-bond acceptors (Lipinski definition) is 2. The highest BCUT2D eigenvalue weighted by atomic mass is 16.5. The Morgan fingerprint density at radius 1 is 1.05 bits per heavy atom. The molecule has 22 heavy (non-hydrogen) atoms. The van der Waals surface area contributed by atoms with Crippen LogP contribution in [-0.4, -0.2) is 11.7 Å². The predicted molar refractivity (Wildman–Crippen MR) is 91.2 cm³/mol. The summed E-state index contributed by atoms with van der Waals surface area (Å²) in [5.74, 6) is 1.53. The Morgan fingerprint density at radius 2 is 1.77 bits per heavy atom. The highest BCUT2D eigenvalue weighted by Gasteiger charge is 2.08. The zero-order valence-electron chi connectivity index (χ0n) is 13.8. The molecule has 1 N–H and O–H groups in total. The van der Waals surface area contributed by atoms with E-state index in [1.807, 2.05) is 43.3 Å². The zero-order chi connectivity index (χ0) is 15.9. The van der Waals surface area contributed by atoms with E-state index in [1.54, 1.807) is 0 Å². The van der Waals surface area contributed by atoms with Gasteiger partial charge in [-0.2, -0.15) is 0 Å². The predicted octanol–water partition coefficient (Wildman–Crippen LogP) is 4.70. The van der Waals surface area contributed by atoms with Crippen molar-refractivity contribution in [3.63, 3.8) is 0 Å². The first-order valence-corrected chi connectivity index (χ1v) is 8.01. The van der Waals surface area contributed by atoms with Gasteiger partial charge in [0.15, 0.2) is 0 Å². The van der Waals surface area contributed by atoms with Gasteiger partial charge in [-0.25, -0.2) is 0 Å². The summed E-state index contributed by atoms with van der Waals surface area (Å²) < 4.78 is 5.69. The molecule has 1 atom stereocenters. The van der Waals surface area contributed by atoms with Crippen LogP contribution in [0, 0.1) is 12.8 Å². The van der Waals surface area contributed by atoms with Gasteiger partial charge >= 0.3 is 0 Å². The summed E-state index contributed by atoms with van der Waals surface area (Å²) in [6, 6.07) is 16.1. The van der Waals surface area contributed by atoms with Crippen molar-refractivity contribution in [2.45, 2.75) is 39.7 Å². The minimum absolute atomic E-state index is 0.273. The maximum Gasteiger partial charge on any atom is 0.119 e. The summed E-state index contributed by atoms with van der Waals surface area (Å²) in [6.07, 6.45) is 1.70. The number of hydrogen-bond donors (Lipinski definition) is 1. The lowest BCUT2D eigenvalue weighted by Gasteiger charge is -2.13. The van der Waals surface area contributed by atoms with E-state index in [2.05, 4.69) is 26.0 Å². The highest BCUT2D eigenvalue weighted by Crippen LogP contribution is 2.19. The lowest BCUT2D eigenvalue weighted by Crippen LogP contribution is -2.09. The summed E-state index contributed by atoms with van der Waals surface area (Å²) >= 11 is 0. The molecule has 2 heteroatoms. The highest BCUT2D eigenvalue weighted by molar-refractivity contribution is 5.28. The van der Waals surface area contributed by atoms with E-state index in [-0.39, 0.29) is 6.61 Å². The first kappa shape index (κ1) is 16.6. The average molecular weight is 298 g/mol. The molecule has 0 saturated carbocycles. The molecule has 2 aromatic carbocycles. The monoisotopic (exact) mass is 298 g/mol. The molecule has 0 aliphatic carbocycles. The second-order valence-corrected chi connectivity index (χ2v) is 6.32. The first-order chi connectivity index (χ1) is 10.5. The van der Waals surface area contributed by atoms with Crippen LogP contribution >= 0.6 is 0 Å². The van der Waals surface area contributed by atoms with Crippen LogP contribution in [0.3, 0.4) is 0 Å². The van der Waals surface area contributed by atoms with Gasteiger partial charge < -0.3 is 9.84 Å². The fraction of sp³-hybridized carbons (Fsp3) is 0.400. The average Bonchev–Trinajstić information content (AvgIpc) is 2.51. The molecule has 0 fully saturated rings. The number of aryl methyl sites for hydroxylation is 2. The van der Waals surface area contributed by atoms with Crippen molar-refractivity contribution < 1.29 is 9.84 Å². The van der Waals surface area contributed by atoms with Gasteiger partial charge in [0, 0.05) is 0 Å². The molecule has 0 radical (unpaired) electrons. The number of aliphatic hydroxyl groups is 1. The van der Waals surface area contributed by atoms with E-state index in [1.165, 1.54) is 12.0 Å². The van der Waals surface area contributed by atoms with E-state index in [9.17, 15) is 5.11 Å². The van der Waals surface area contributed by atoms with E-state index in [4.69, 9.17) is 4.74 Å². The van der Waals surface area contributed by atoms with Gasteiger partial charge in [-0.05, 0) is 48.9 Å². The molecule has 2 nitrogen and oxygen atoms in total. The number of benzene rings is 2. The molecule has 1 unspecified atom stereocenters. The fourth-order valence-electron chi connectivity index (χ4n) is 2.36. The Balaban J connectivity index is 1.86. The normalized spacial score (nSPS) is 12.4. The third-order valence-electron chi connectivity index (χ3n) is 3.77. The number of aliphatic hydroxyl groups excluding tert-OH is 1. The number of ether oxygens (including phenoxy) is 1. The fourth-order valence-corrected chi connectivity index (χ4v) is 2.36. The lowest BCUT2D eigenvalue weighted by atomic mass is 10.0. The SMILES string of the molecule is Cc1cccc(C(O)COc2ccc(CCC(C)C)cc2)c1. The van der Waals surface area contributed by atoms with E-state index < -0.39 is 6.10 Å². The van der Waals surface area contributed by atoms with Crippen LogP contribution in [0.25, 0.3) is 0 Å². The molecule has 0 aliphatic heterocycles. The third kappa shape index (κ3) is 5.19. The summed E-state index contributed by atoms with van der Waals surface area (Å²) in [6.45, 7) is 6.77. The Bertz CT molecular complexity index is 573. The minimum Gasteiger partial charge on any atom is -0.491 e. The van der Waals surface area contributed by atoms with Crippen molar-refractivity contribution in [2.24, 2.45) is 5.92 Å². The molecule has 0 saturated heterocycles. The molecule has 0 spiro atoms. The molecular weight excluding hydrogens is 272 g/mol. The van der Waals surface area contributed by atoms with Gasteiger partial charge in [-0.1, -0.05) is 55.8 Å². The van der Waals surface area contributed by atoms with Crippen LogP contribution in [0.4, 0.5) is 0 Å². The van der Waals surface area contributed by atoms with E-state index >= 15 is 0 Å². The van der Waals surface area contributed by atoms with Crippen LogP contribution < -0.4 is 4.74 Å². The Morgan fingerprint density at radius 3 is 2.41 bits per heavy atom. The van der Waals surface area contributed by atoms with Crippen LogP contribution in [0.5, 0.6) is 5.75 Å². The zero-order valence-corrected chi connectivity index (χ0v) is 13.8. The summed E-state index contributed by atoms with van der Waals surface area (Å²) in [7, 11) is 0. The van der Waals surface area contributed by atoms with Gasteiger partial charge in [0.1, 0.15) is 18.5 Å². The Labute approximate surface area is 133 Å². The smallest absolute Gasteiger partial charge is 0.119 e. The van der Waals surface area contributed by atoms with Crippen molar-refractivity contribution in [2.75, 3.05) is 6.61 Å². The van der Waals surface area contributed by atoms with Crippen LogP contribution in [0.15, 0.2) is 48.5 Å². The van der Waals surface area contributed by atoms with Gasteiger partial charge in [0.25, 0.3) is 0 Å². The van der Waals surface area contributed by atoms with Crippen LogP contribution in [-0.2, 0) is 6.42 Å². The quantitative estimate of drug-likeness (QED) is 0.803. The van der Waals surface area contributed by atoms with E-state index in [0.717, 1.165) is 29.2 Å². The van der Waals surface area contributed by atoms with Crippen molar-refractivity contribution >= 4 is 0 Å². The maximum atomic E-state index is 10.2. The molecule has 2 aromatic rings. The van der Waals surface area contributed by atoms with Gasteiger partial charge in [0.05, 0.1) is 0 Å². The van der Waals surface area contributed by atoms with Gasteiger partial charge in [-0.15, -0.1) is 0 Å². The first-order valence-electron chi connectivity index (χ1n) is 8.01. The second-order valence-electron chi connectivity index (χ2n) is 6.32. The molecule has 0 aromatic heterocycles. The Hall–Kier alpha value is -1.80. The Kier molecular flexibility index (Phi) is 6.02. The molecule has 0 heterocycles. The molecule has 118 valence electrons. The molecule has 0 bridgehead atoms. The molecule has 0 amide bonds. The second kappa shape index (κ2) is 8.00. The largest absolute Gasteiger partial charge is 0.491 e. The molecular formula is C20H26O2. The van der Waals surface area contributed by atoms with Crippen molar-refractivity contribution in [3.8, 4) is 5.75 Å². The maximum absolute atomic E-state index is 10.2. The molecule has 0 aliphatic rings. The topological polar surface area (TPSA) is 29.5 Å². The van der Waals surface area contributed by atoms with Crippen molar-refractivity contribution in [3.05, 3.63) is 65.2 Å². The van der Waals surface area contributed by atoms with Crippen LogP contribution in [0.1, 0.15) is 43.1 Å². The van der Waals surface area contributed by atoms with Gasteiger partial charge in [0.2, 0.25) is 0 Å². The standard InChI is InChI=1S/C20H26O2/c1-15(2)7-8-17-9-11-19(12-10-17)22-14-20(21)18-6-4-5-16(3)13-18/h4-6,9-13,15,20-21H,7-8,14H2,1-3H3. The third-order valence-corrected chi connectivity index (χ3v) is 3.77. The van der Waals surface area contributed by atoms with Gasteiger partial charge in [-0.3, -0.25) is 0 Å². The van der Waals surface area contributed by atoms with Crippen molar-refractivity contribution in [1.29, 1.82) is 0 Å². The summed E-state index contributed by atoms with van der Waals surface area (Å²) in [5.41, 5.74) is 3.37. The van der Waals surface area contributed by atoms with Crippen LogP contribution in [0.2, 0.25) is 0 Å². The lowest BCUT2D eigenvalue weighted by molar-refractivity contribution is 0.108. The van der Waals surface area contributed by atoms with Crippen molar-refractivity contribution in [1.82, 2.24) is 0 Å². The van der Waals surface area contributed by atoms with E-state index in [0.29, 0.717) is 0 Å². The summed E-state index contributed by atoms with van der Waals surface area (Å²) in [5, 5.41) is 10.2. The molecule has 2 rings (SSSR count). The summed E-state index contributed by atoms with van der Waals surface area (Å²) in [4.78, 5) is 0. The minimum atomic E-state index is -0.597.